The van der Waals surface area contributed by atoms with Crippen molar-refractivity contribution >= 4 is 15.8 Å². The number of halogens is 3. The van der Waals surface area contributed by atoms with E-state index in [1.807, 2.05) is 0 Å². The largest absolute Gasteiger partial charge is 0.469 e. The van der Waals surface area contributed by atoms with Crippen molar-refractivity contribution in [1.82, 2.24) is 0 Å². The van der Waals surface area contributed by atoms with Crippen LogP contribution in [0.2, 0.25) is 0 Å². The van der Waals surface area contributed by atoms with Gasteiger partial charge in [-0.1, -0.05) is 18.2 Å². The third-order valence-corrected chi connectivity index (χ3v) is 5.05. The van der Waals surface area contributed by atoms with E-state index in [1.54, 1.807) is 0 Å². The number of sulfone groups is 1. The van der Waals surface area contributed by atoms with Gasteiger partial charge >= 0.3 is 12.1 Å². The van der Waals surface area contributed by atoms with Gasteiger partial charge in [-0.2, -0.15) is 13.2 Å². The second-order valence-electron chi connectivity index (χ2n) is 4.60. The number of hydrogen-bond acceptors (Lipinski definition) is 4. The minimum atomic E-state index is -4.53. The quantitative estimate of drug-likeness (QED) is 0.781. The van der Waals surface area contributed by atoms with E-state index in [0.717, 1.165) is 25.3 Å². The molecule has 0 saturated heterocycles. The molecule has 1 unspecified atom stereocenters. The van der Waals surface area contributed by atoms with Gasteiger partial charge < -0.3 is 4.74 Å². The summed E-state index contributed by atoms with van der Waals surface area (Å²) >= 11 is 0. The van der Waals surface area contributed by atoms with E-state index < -0.39 is 38.5 Å². The Morgan fingerprint density at radius 1 is 1.33 bits per heavy atom. The van der Waals surface area contributed by atoms with Crippen molar-refractivity contribution in [2.24, 2.45) is 0 Å². The summed E-state index contributed by atoms with van der Waals surface area (Å²) in [6, 6.07) is 4.12. The number of ether oxygens (including phenoxy) is 1. The summed E-state index contributed by atoms with van der Waals surface area (Å²) in [5.74, 6) is -1.25. The van der Waals surface area contributed by atoms with Crippen molar-refractivity contribution in [3.05, 3.63) is 35.4 Å². The molecule has 0 aliphatic rings. The highest BCUT2D eigenvalue weighted by Crippen LogP contribution is 2.30. The fourth-order valence-electron chi connectivity index (χ4n) is 1.66. The molecule has 0 spiro atoms. The molecular formula is C13H15F3O4S. The van der Waals surface area contributed by atoms with Crippen LogP contribution in [-0.4, -0.2) is 26.7 Å². The van der Waals surface area contributed by atoms with Crippen molar-refractivity contribution in [2.75, 3.05) is 7.11 Å². The van der Waals surface area contributed by atoms with Crippen LogP contribution >= 0.6 is 0 Å². The molecule has 0 bridgehead atoms. The van der Waals surface area contributed by atoms with Crippen LogP contribution < -0.4 is 0 Å². The Morgan fingerprint density at radius 2 is 1.95 bits per heavy atom. The predicted molar refractivity (Wildman–Crippen MR) is 70.2 cm³/mol. The number of methoxy groups -OCH3 is 1. The molecule has 0 radical (unpaired) electrons. The zero-order valence-corrected chi connectivity index (χ0v) is 12.3. The Hall–Kier alpha value is -1.57. The average Bonchev–Trinajstić information content (AvgIpc) is 2.37. The molecule has 1 atom stereocenters. The average molecular weight is 324 g/mol. The van der Waals surface area contributed by atoms with E-state index in [2.05, 4.69) is 4.74 Å². The standard InChI is InChI=1S/C13H15F3O4S/c1-9(6-12(17)20-2)21(18,19)8-10-4-3-5-11(7-10)13(14,15)16/h3-5,7,9H,6,8H2,1-2H3. The number of carbonyl (C=O) groups is 1. The first-order chi connectivity index (χ1) is 9.56. The van der Waals surface area contributed by atoms with E-state index in [1.165, 1.54) is 13.0 Å². The maximum Gasteiger partial charge on any atom is 0.416 e. The SMILES string of the molecule is COC(=O)CC(C)S(=O)(=O)Cc1cccc(C(F)(F)F)c1. The monoisotopic (exact) mass is 324 g/mol. The lowest BCUT2D eigenvalue weighted by Gasteiger charge is -2.13. The van der Waals surface area contributed by atoms with Gasteiger partial charge in [-0.15, -0.1) is 0 Å². The Kier molecular flexibility index (Phi) is 5.38. The van der Waals surface area contributed by atoms with Gasteiger partial charge in [0, 0.05) is 0 Å². The van der Waals surface area contributed by atoms with Crippen LogP contribution in [0.15, 0.2) is 24.3 Å². The van der Waals surface area contributed by atoms with Crippen LogP contribution in [-0.2, 0) is 31.3 Å². The maximum atomic E-state index is 12.6. The van der Waals surface area contributed by atoms with E-state index in [9.17, 15) is 26.4 Å². The zero-order valence-electron chi connectivity index (χ0n) is 11.5. The predicted octanol–water partition coefficient (Wildman–Crippen LogP) is 2.57. The molecule has 0 aliphatic heterocycles. The molecule has 0 fully saturated rings. The van der Waals surface area contributed by atoms with Gasteiger partial charge in [0.25, 0.3) is 0 Å². The van der Waals surface area contributed by atoms with Crippen LogP contribution in [0.5, 0.6) is 0 Å². The molecule has 0 aliphatic carbocycles. The van der Waals surface area contributed by atoms with Gasteiger partial charge in [0.05, 0.1) is 30.1 Å². The van der Waals surface area contributed by atoms with E-state index in [0.29, 0.717) is 0 Å². The lowest BCUT2D eigenvalue weighted by atomic mass is 10.1. The molecule has 118 valence electrons. The lowest BCUT2D eigenvalue weighted by molar-refractivity contribution is -0.140. The summed E-state index contributed by atoms with van der Waals surface area (Å²) in [5.41, 5.74) is -0.877. The number of carbonyl (C=O) groups excluding carboxylic acids is 1. The van der Waals surface area contributed by atoms with Gasteiger partial charge in [0.1, 0.15) is 0 Å². The fourth-order valence-corrected chi connectivity index (χ4v) is 2.98. The second kappa shape index (κ2) is 6.46. The third-order valence-electron chi connectivity index (χ3n) is 2.92. The summed E-state index contributed by atoms with van der Waals surface area (Å²) < 4.78 is 66.1. The molecule has 1 rings (SSSR count). The number of rotatable bonds is 5. The smallest absolute Gasteiger partial charge is 0.416 e. The van der Waals surface area contributed by atoms with E-state index in [4.69, 9.17) is 0 Å². The first kappa shape index (κ1) is 17.5. The molecule has 0 N–H and O–H groups in total. The van der Waals surface area contributed by atoms with E-state index >= 15 is 0 Å². The van der Waals surface area contributed by atoms with Crippen LogP contribution in [0.1, 0.15) is 24.5 Å². The van der Waals surface area contributed by atoms with Crippen molar-refractivity contribution in [3.8, 4) is 0 Å². The van der Waals surface area contributed by atoms with Gasteiger partial charge in [0.2, 0.25) is 0 Å². The number of benzene rings is 1. The fraction of sp³-hybridized carbons (Fsp3) is 0.462. The van der Waals surface area contributed by atoms with Crippen molar-refractivity contribution in [1.29, 1.82) is 0 Å². The van der Waals surface area contributed by atoms with Gasteiger partial charge in [-0.05, 0) is 18.6 Å². The summed E-state index contributed by atoms with van der Waals surface area (Å²) in [5, 5.41) is -1.03. The minimum Gasteiger partial charge on any atom is -0.469 e. The molecule has 0 amide bonds. The minimum absolute atomic E-state index is 0.0292. The number of alkyl halides is 3. The molecule has 1 aromatic carbocycles. The lowest BCUT2D eigenvalue weighted by Crippen LogP contribution is -2.23. The van der Waals surface area contributed by atoms with Gasteiger partial charge in [-0.3, -0.25) is 4.79 Å². The zero-order chi connectivity index (χ0) is 16.3. The van der Waals surface area contributed by atoms with Gasteiger partial charge in [0.15, 0.2) is 9.84 Å². The first-order valence-corrected chi connectivity index (χ1v) is 7.72. The molecule has 4 nitrogen and oxygen atoms in total. The van der Waals surface area contributed by atoms with Crippen LogP contribution in [0.4, 0.5) is 13.2 Å². The Morgan fingerprint density at radius 3 is 2.48 bits per heavy atom. The van der Waals surface area contributed by atoms with Crippen molar-refractivity contribution in [3.63, 3.8) is 0 Å². The highest BCUT2D eigenvalue weighted by molar-refractivity contribution is 7.91. The highest BCUT2D eigenvalue weighted by Gasteiger charge is 2.31. The normalized spacial score (nSPS) is 13.8. The Labute approximate surface area is 120 Å². The van der Waals surface area contributed by atoms with E-state index in [-0.39, 0.29) is 12.0 Å². The van der Waals surface area contributed by atoms with Crippen molar-refractivity contribution < 1.29 is 31.1 Å². The molecule has 21 heavy (non-hydrogen) atoms. The summed E-state index contributed by atoms with van der Waals surface area (Å²) in [6.45, 7) is 1.32. The second-order valence-corrected chi connectivity index (χ2v) is 7.02. The van der Waals surface area contributed by atoms with Crippen molar-refractivity contribution in [2.45, 2.75) is 30.5 Å². The highest BCUT2D eigenvalue weighted by atomic mass is 32.2. The summed E-state index contributed by atoms with van der Waals surface area (Å²) in [4.78, 5) is 11.1. The molecule has 0 aromatic heterocycles. The molecule has 1 aromatic rings. The topological polar surface area (TPSA) is 60.4 Å². The van der Waals surface area contributed by atoms with Gasteiger partial charge in [-0.25, -0.2) is 8.42 Å². The molecule has 0 saturated carbocycles. The van der Waals surface area contributed by atoms with Crippen LogP contribution in [0, 0.1) is 0 Å². The van der Waals surface area contributed by atoms with Crippen LogP contribution in [0.3, 0.4) is 0 Å². The summed E-state index contributed by atoms with van der Waals surface area (Å²) in [7, 11) is -2.62. The Balaban J connectivity index is 2.92. The molecule has 8 heteroatoms. The number of esters is 1. The van der Waals surface area contributed by atoms with Crippen LogP contribution in [0.25, 0.3) is 0 Å². The third kappa shape index (κ3) is 5.04. The molecule has 0 heterocycles. The Bertz CT molecular complexity index is 608. The maximum absolute atomic E-state index is 12.6. The molecular weight excluding hydrogens is 309 g/mol. The first-order valence-electron chi connectivity index (χ1n) is 6.01. The number of hydrogen-bond donors (Lipinski definition) is 0. The summed E-state index contributed by atoms with van der Waals surface area (Å²) in [6.07, 6.45) is -4.87.